The maximum Gasteiger partial charge on any atom is 0.415 e. The van der Waals surface area contributed by atoms with Gasteiger partial charge in [-0.05, 0) is 23.1 Å². The second-order valence-electron chi connectivity index (χ2n) is 4.99. The summed E-state index contributed by atoms with van der Waals surface area (Å²) in [5.74, 6) is 0. The first kappa shape index (κ1) is 10.7. The van der Waals surface area contributed by atoms with Crippen LogP contribution in [-0.4, -0.2) is 15.8 Å². The van der Waals surface area contributed by atoms with Crippen LogP contribution in [0.4, 0.5) is 4.79 Å². The molecule has 0 saturated carbocycles. The summed E-state index contributed by atoms with van der Waals surface area (Å²) in [5, 5.41) is 9.98. The van der Waals surface area contributed by atoms with Gasteiger partial charge in [-0.15, -0.1) is 0 Å². The highest BCUT2D eigenvalue weighted by Crippen LogP contribution is 2.26. The zero-order valence-corrected chi connectivity index (χ0v) is 9.69. The molecule has 2 aromatic rings. The Morgan fingerprint density at radius 3 is 2.50 bits per heavy atom. The Kier molecular flexibility index (Phi) is 2.26. The van der Waals surface area contributed by atoms with Gasteiger partial charge in [-0.25, -0.2) is 4.79 Å². The van der Waals surface area contributed by atoms with Gasteiger partial charge in [0.2, 0.25) is 0 Å². The molecule has 0 bridgehead atoms. The van der Waals surface area contributed by atoms with Crippen molar-refractivity contribution in [2.24, 2.45) is 0 Å². The molecular formula is C13H15NO2. The van der Waals surface area contributed by atoms with Crippen LogP contribution in [0.25, 0.3) is 10.9 Å². The largest absolute Gasteiger partial charge is 0.464 e. The highest BCUT2D eigenvalue weighted by atomic mass is 16.4. The van der Waals surface area contributed by atoms with Crippen LogP contribution in [0.5, 0.6) is 0 Å². The number of carboxylic acid groups (broad SMARTS) is 1. The maximum atomic E-state index is 11.0. The number of benzene rings is 1. The lowest BCUT2D eigenvalue weighted by Crippen LogP contribution is -2.12. The molecule has 1 aromatic carbocycles. The smallest absolute Gasteiger partial charge is 0.415 e. The number of hydrogen-bond acceptors (Lipinski definition) is 1. The summed E-state index contributed by atoms with van der Waals surface area (Å²) in [6.45, 7) is 6.34. The van der Waals surface area contributed by atoms with Crippen molar-refractivity contribution < 1.29 is 9.90 Å². The molecule has 0 fully saturated rings. The van der Waals surface area contributed by atoms with E-state index in [2.05, 4.69) is 26.8 Å². The van der Waals surface area contributed by atoms with Gasteiger partial charge in [0.15, 0.2) is 0 Å². The molecule has 3 nitrogen and oxygen atoms in total. The summed E-state index contributed by atoms with van der Waals surface area (Å²) in [5.41, 5.74) is 1.92. The van der Waals surface area contributed by atoms with Crippen molar-refractivity contribution in [2.75, 3.05) is 0 Å². The molecule has 2 rings (SSSR count). The molecule has 84 valence electrons. The monoisotopic (exact) mass is 217 g/mol. The molecule has 0 atom stereocenters. The Bertz CT molecular complexity index is 547. The third kappa shape index (κ3) is 1.69. The Balaban J connectivity index is 2.68. The molecule has 0 spiro atoms. The summed E-state index contributed by atoms with van der Waals surface area (Å²) in [6, 6.07) is 7.78. The average Bonchev–Trinajstić information content (AvgIpc) is 2.58. The predicted molar refractivity (Wildman–Crippen MR) is 64.1 cm³/mol. The fourth-order valence-corrected chi connectivity index (χ4v) is 1.76. The Labute approximate surface area is 94.3 Å². The zero-order chi connectivity index (χ0) is 11.9. The van der Waals surface area contributed by atoms with Gasteiger partial charge >= 0.3 is 6.09 Å². The van der Waals surface area contributed by atoms with Crippen molar-refractivity contribution in [3.63, 3.8) is 0 Å². The number of nitrogens with zero attached hydrogens (tertiary/aromatic N) is 1. The lowest BCUT2D eigenvalue weighted by Gasteiger charge is -2.19. The van der Waals surface area contributed by atoms with E-state index in [0.29, 0.717) is 0 Å². The van der Waals surface area contributed by atoms with Crippen LogP contribution in [-0.2, 0) is 5.41 Å². The number of aromatic nitrogens is 1. The van der Waals surface area contributed by atoms with Gasteiger partial charge in [0.05, 0.1) is 5.52 Å². The van der Waals surface area contributed by atoms with Gasteiger partial charge < -0.3 is 5.11 Å². The van der Waals surface area contributed by atoms with Crippen molar-refractivity contribution in [2.45, 2.75) is 26.2 Å². The molecule has 1 N–H and O–H groups in total. The van der Waals surface area contributed by atoms with Crippen LogP contribution >= 0.6 is 0 Å². The van der Waals surface area contributed by atoms with Crippen LogP contribution in [0.3, 0.4) is 0 Å². The van der Waals surface area contributed by atoms with Crippen LogP contribution < -0.4 is 0 Å². The van der Waals surface area contributed by atoms with E-state index in [1.54, 1.807) is 6.20 Å². The minimum absolute atomic E-state index is 0.0296. The Morgan fingerprint density at radius 1 is 1.25 bits per heavy atom. The molecule has 0 saturated heterocycles. The minimum atomic E-state index is -0.943. The van der Waals surface area contributed by atoms with Crippen molar-refractivity contribution >= 4 is 17.0 Å². The van der Waals surface area contributed by atoms with E-state index in [4.69, 9.17) is 5.11 Å². The fourth-order valence-electron chi connectivity index (χ4n) is 1.76. The number of rotatable bonds is 0. The maximum absolute atomic E-state index is 11.0. The first-order valence-corrected chi connectivity index (χ1v) is 5.24. The van der Waals surface area contributed by atoms with E-state index in [1.807, 2.05) is 18.2 Å². The summed E-state index contributed by atoms with van der Waals surface area (Å²) in [7, 11) is 0. The summed E-state index contributed by atoms with van der Waals surface area (Å²) in [4.78, 5) is 11.0. The number of carbonyl (C=O) groups is 1. The standard InChI is InChI=1S/C13H15NO2/c1-13(2,3)10-5-4-9-6-7-14(12(15)16)11(9)8-10/h4-8H,1-3H3,(H,15,16). The lowest BCUT2D eigenvalue weighted by molar-refractivity contribution is 0.197. The number of hydrogen-bond donors (Lipinski definition) is 1. The van der Waals surface area contributed by atoms with E-state index in [-0.39, 0.29) is 5.41 Å². The fraction of sp³-hybridized carbons (Fsp3) is 0.308. The van der Waals surface area contributed by atoms with Gasteiger partial charge in [-0.3, -0.25) is 4.57 Å². The molecule has 1 heterocycles. The third-order valence-electron chi connectivity index (χ3n) is 2.77. The van der Waals surface area contributed by atoms with Crippen LogP contribution in [0.1, 0.15) is 26.3 Å². The normalized spacial score (nSPS) is 11.9. The Hall–Kier alpha value is -1.77. The SMILES string of the molecule is CC(C)(C)c1ccc2ccn(C(=O)O)c2c1. The highest BCUT2D eigenvalue weighted by Gasteiger charge is 2.15. The van der Waals surface area contributed by atoms with Crippen molar-refractivity contribution in [1.82, 2.24) is 4.57 Å². The van der Waals surface area contributed by atoms with Gasteiger partial charge in [-0.2, -0.15) is 0 Å². The molecule has 3 heteroatoms. The summed E-state index contributed by atoms with van der Waals surface area (Å²) < 4.78 is 1.25. The highest BCUT2D eigenvalue weighted by molar-refractivity contribution is 5.89. The second-order valence-corrected chi connectivity index (χ2v) is 4.99. The molecule has 0 radical (unpaired) electrons. The average molecular weight is 217 g/mol. The van der Waals surface area contributed by atoms with Crippen LogP contribution in [0.15, 0.2) is 30.5 Å². The van der Waals surface area contributed by atoms with Gasteiger partial charge in [-0.1, -0.05) is 32.9 Å². The van der Waals surface area contributed by atoms with Crippen molar-refractivity contribution in [3.05, 3.63) is 36.0 Å². The Morgan fingerprint density at radius 2 is 1.94 bits per heavy atom. The molecule has 0 aliphatic heterocycles. The van der Waals surface area contributed by atoms with E-state index >= 15 is 0 Å². The van der Waals surface area contributed by atoms with E-state index in [0.717, 1.165) is 16.5 Å². The second kappa shape index (κ2) is 3.37. The quantitative estimate of drug-likeness (QED) is 0.734. The predicted octanol–water partition coefficient (Wildman–Crippen LogP) is 3.46. The molecule has 16 heavy (non-hydrogen) atoms. The van der Waals surface area contributed by atoms with Crippen molar-refractivity contribution in [1.29, 1.82) is 0 Å². The van der Waals surface area contributed by atoms with Gasteiger partial charge in [0, 0.05) is 11.6 Å². The van der Waals surface area contributed by atoms with E-state index in [1.165, 1.54) is 4.57 Å². The molecular weight excluding hydrogens is 202 g/mol. The van der Waals surface area contributed by atoms with Crippen LogP contribution in [0, 0.1) is 0 Å². The van der Waals surface area contributed by atoms with Crippen LogP contribution in [0.2, 0.25) is 0 Å². The minimum Gasteiger partial charge on any atom is -0.464 e. The summed E-state index contributed by atoms with van der Waals surface area (Å²) >= 11 is 0. The third-order valence-corrected chi connectivity index (χ3v) is 2.77. The molecule has 0 aliphatic carbocycles. The first-order chi connectivity index (χ1) is 7.39. The zero-order valence-electron chi connectivity index (χ0n) is 9.69. The molecule has 0 unspecified atom stereocenters. The number of fused-ring (bicyclic) bond motifs is 1. The van der Waals surface area contributed by atoms with Gasteiger partial charge in [0.25, 0.3) is 0 Å². The van der Waals surface area contributed by atoms with Crippen molar-refractivity contribution in [3.8, 4) is 0 Å². The van der Waals surface area contributed by atoms with E-state index < -0.39 is 6.09 Å². The first-order valence-electron chi connectivity index (χ1n) is 5.24. The molecule has 1 aromatic heterocycles. The summed E-state index contributed by atoms with van der Waals surface area (Å²) in [6.07, 6.45) is 0.639. The van der Waals surface area contributed by atoms with Gasteiger partial charge in [0.1, 0.15) is 0 Å². The molecule has 0 aliphatic rings. The topological polar surface area (TPSA) is 42.2 Å². The van der Waals surface area contributed by atoms with E-state index in [9.17, 15) is 4.79 Å². The lowest BCUT2D eigenvalue weighted by atomic mass is 9.87. The molecule has 0 amide bonds.